The molecule has 1 N–H and O–H groups in total. The second-order valence-corrected chi connectivity index (χ2v) is 8.19. The maximum atomic E-state index is 6.02. The van der Waals surface area contributed by atoms with Gasteiger partial charge in [0.25, 0.3) is 0 Å². The molecule has 6 nitrogen and oxygen atoms in total. The van der Waals surface area contributed by atoms with Gasteiger partial charge in [-0.2, -0.15) is 0 Å². The highest BCUT2D eigenvalue weighted by Gasteiger charge is 2.17. The number of benzene rings is 2. The van der Waals surface area contributed by atoms with E-state index < -0.39 is 0 Å². The summed E-state index contributed by atoms with van der Waals surface area (Å²) in [5, 5.41) is 3.43. The molecule has 1 heterocycles. The van der Waals surface area contributed by atoms with E-state index in [-0.39, 0.29) is 24.0 Å². The van der Waals surface area contributed by atoms with Gasteiger partial charge in [-0.05, 0) is 43.1 Å². The van der Waals surface area contributed by atoms with E-state index in [4.69, 9.17) is 14.5 Å². The summed E-state index contributed by atoms with van der Waals surface area (Å²) < 4.78 is 11.5. The third-order valence-electron chi connectivity index (χ3n) is 5.55. The van der Waals surface area contributed by atoms with Crippen molar-refractivity contribution in [1.29, 1.82) is 0 Å². The summed E-state index contributed by atoms with van der Waals surface area (Å²) in [5.41, 5.74) is 2.37. The average molecular weight is 553 g/mol. The van der Waals surface area contributed by atoms with E-state index in [0.29, 0.717) is 19.2 Å². The van der Waals surface area contributed by atoms with Crippen molar-refractivity contribution in [3.63, 3.8) is 0 Å². The summed E-state index contributed by atoms with van der Waals surface area (Å²) in [6.45, 7) is 4.70. The molecule has 1 aliphatic heterocycles. The SMILES string of the molecule is CN(C)C(=NCc1cccc(OCCN(C)C2CCOCC2)c1)NCc1ccccc1.I. The molecule has 2 aromatic carbocycles. The van der Waals surface area contributed by atoms with Crippen molar-refractivity contribution < 1.29 is 9.47 Å². The van der Waals surface area contributed by atoms with Crippen molar-refractivity contribution in [2.24, 2.45) is 4.99 Å². The molecule has 1 saturated heterocycles. The Morgan fingerprint density at radius 1 is 1.03 bits per heavy atom. The fourth-order valence-electron chi connectivity index (χ4n) is 3.65. The van der Waals surface area contributed by atoms with E-state index in [0.717, 1.165) is 56.4 Å². The maximum absolute atomic E-state index is 6.02. The van der Waals surface area contributed by atoms with E-state index >= 15 is 0 Å². The van der Waals surface area contributed by atoms with E-state index in [9.17, 15) is 0 Å². The molecule has 0 radical (unpaired) electrons. The van der Waals surface area contributed by atoms with Crippen LogP contribution in [-0.4, -0.2) is 69.3 Å². The molecule has 2 aromatic rings. The summed E-state index contributed by atoms with van der Waals surface area (Å²) in [6.07, 6.45) is 2.22. The van der Waals surface area contributed by atoms with Gasteiger partial charge in [0.2, 0.25) is 0 Å². The average Bonchev–Trinajstić information content (AvgIpc) is 2.80. The van der Waals surface area contributed by atoms with Gasteiger partial charge in [-0.15, -0.1) is 24.0 Å². The third-order valence-corrected chi connectivity index (χ3v) is 5.55. The molecule has 0 spiro atoms. The van der Waals surface area contributed by atoms with Crippen LogP contribution in [0.4, 0.5) is 0 Å². The van der Waals surface area contributed by atoms with Crippen molar-refractivity contribution >= 4 is 29.9 Å². The summed E-state index contributed by atoms with van der Waals surface area (Å²) in [6, 6.07) is 19.2. The Labute approximate surface area is 210 Å². The number of halogens is 1. The number of aliphatic imine (C=N–C) groups is 1. The van der Waals surface area contributed by atoms with Crippen molar-refractivity contribution in [2.75, 3.05) is 47.5 Å². The molecule has 0 amide bonds. The zero-order valence-electron chi connectivity index (χ0n) is 19.5. The minimum absolute atomic E-state index is 0. The summed E-state index contributed by atoms with van der Waals surface area (Å²) >= 11 is 0. The highest BCUT2D eigenvalue weighted by molar-refractivity contribution is 14.0. The zero-order chi connectivity index (χ0) is 21.9. The van der Waals surface area contributed by atoms with E-state index in [1.54, 1.807) is 0 Å². The first-order valence-electron chi connectivity index (χ1n) is 11.1. The lowest BCUT2D eigenvalue weighted by atomic mass is 10.1. The molecular weight excluding hydrogens is 515 g/mol. The minimum Gasteiger partial charge on any atom is -0.492 e. The quantitative estimate of drug-likeness (QED) is 0.290. The van der Waals surface area contributed by atoms with Crippen molar-refractivity contribution in [3.8, 4) is 5.75 Å². The Hall–Kier alpha value is -1.84. The van der Waals surface area contributed by atoms with Crippen LogP contribution >= 0.6 is 24.0 Å². The predicted octanol–water partition coefficient (Wildman–Crippen LogP) is 4.00. The molecule has 0 aromatic heterocycles. The van der Waals surface area contributed by atoms with Crippen LogP contribution in [0, 0.1) is 0 Å². The third kappa shape index (κ3) is 8.96. The number of nitrogens with zero attached hydrogens (tertiary/aromatic N) is 3. The highest BCUT2D eigenvalue weighted by atomic mass is 127. The molecule has 7 heteroatoms. The number of ether oxygens (including phenoxy) is 2. The van der Waals surface area contributed by atoms with Crippen molar-refractivity contribution in [1.82, 2.24) is 15.1 Å². The molecule has 1 aliphatic rings. The molecule has 0 bridgehead atoms. The Balaban J connectivity index is 0.00000363. The number of hydrogen-bond donors (Lipinski definition) is 1. The monoisotopic (exact) mass is 552 g/mol. The fourth-order valence-corrected chi connectivity index (χ4v) is 3.65. The zero-order valence-corrected chi connectivity index (χ0v) is 21.8. The van der Waals surface area contributed by atoms with E-state index in [1.165, 1.54) is 5.56 Å². The van der Waals surface area contributed by atoms with Crippen LogP contribution in [-0.2, 0) is 17.8 Å². The first-order valence-corrected chi connectivity index (χ1v) is 11.1. The van der Waals surface area contributed by atoms with Gasteiger partial charge in [0.15, 0.2) is 5.96 Å². The van der Waals surface area contributed by atoms with E-state index in [2.05, 4.69) is 53.7 Å². The van der Waals surface area contributed by atoms with Crippen LogP contribution in [0.5, 0.6) is 5.75 Å². The number of nitrogens with one attached hydrogen (secondary N) is 1. The lowest BCUT2D eigenvalue weighted by Crippen LogP contribution is -2.38. The van der Waals surface area contributed by atoms with Gasteiger partial charge in [0, 0.05) is 46.4 Å². The van der Waals surface area contributed by atoms with Crippen molar-refractivity contribution in [3.05, 3.63) is 65.7 Å². The summed E-state index contributed by atoms with van der Waals surface area (Å²) in [7, 11) is 6.19. The van der Waals surface area contributed by atoms with Gasteiger partial charge in [0.05, 0.1) is 6.54 Å². The first-order chi connectivity index (χ1) is 15.1. The molecule has 0 atom stereocenters. The summed E-state index contributed by atoms with van der Waals surface area (Å²) in [5.74, 6) is 1.77. The highest BCUT2D eigenvalue weighted by Crippen LogP contribution is 2.16. The Bertz CT molecular complexity index is 811. The normalized spacial score (nSPS) is 14.7. The van der Waals surface area contributed by atoms with Crippen LogP contribution in [0.15, 0.2) is 59.6 Å². The van der Waals surface area contributed by atoms with Gasteiger partial charge in [-0.25, -0.2) is 4.99 Å². The molecule has 0 unspecified atom stereocenters. The minimum atomic E-state index is 0. The first kappa shape index (κ1) is 26.4. The van der Waals surface area contributed by atoms with E-state index in [1.807, 2.05) is 37.2 Å². The van der Waals surface area contributed by atoms with Crippen LogP contribution in [0.1, 0.15) is 24.0 Å². The maximum Gasteiger partial charge on any atom is 0.194 e. The lowest BCUT2D eigenvalue weighted by Gasteiger charge is -2.31. The Morgan fingerprint density at radius 3 is 2.47 bits per heavy atom. The molecule has 3 rings (SSSR count). The number of likely N-dealkylation sites (N-methyl/N-ethyl adjacent to an activating group) is 1. The lowest BCUT2D eigenvalue weighted by molar-refractivity contribution is 0.0392. The van der Waals surface area contributed by atoms with Crippen LogP contribution < -0.4 is 10.1 Å². The van der Waals surface area contributed by atoms with Crippen LogP contribution in [0.25, 0.3) is 0 Å². The molecule has 0 aliphatic carbocycles. The smallest absolute Gasteiger partial charge is 0.194 e. The number of hydrogen-bond acceptors (Lipinski definition) is 4. The standard InChI is InChI=1S/C25H36N4O2.HI/c1-28(2)25(26-19-21-8-5-4-6-9-21)27-20-22-10-7-11-24(18-22)31-17-14-29(3)23-12-15-30-16-13-23;/h4-11,18,23H,12-17,19-20H2,1-3H3,(H,26,27);1H. The predicted molar refractivity (Wildman–Crippen MR) is 142 cm³/mol. The molecule has 176 valence electrons. The number of rotatable bonds is 9. The topological polar surface area (TPSA) is 49.3 Å². The second-order valence-electron chi connectivity index (χ2n) is 8.19. The second kappa shape index (κ2) is 14.3. The number of guanidine groups is 1. The van der Waals surface area contributed by atoms with Crippen LogP contribution in [0.3, 0.4) is 0 Å². The van der Waals surface area contributed by atoms with Gasteiger partial charge in [-0.1, -0.05) is 42.5 Å². The molecule has 0 saturated carbocycles. The molecular formula is C25H37IN4O2. The van der Waals surface area contributed by atoms with Gasteiger partial charge in [-0.3, -0.25) is 4.90 Å². The van der Waals surface area contributed by atoms with Crippen molar-refractivity contribution in [2.45, 2.75) is 32.0 Å². The van der Waals surface area contributed by atoms with Gasteiger partial charge in [0.1, 0.15) is 12.4 Å². The fraction of sp³-hybridized carbons (Fsp3) is 0.480. The summed E-state index contributed by atoms with van der Waals surface area (Å²) in [4.78, 5) is 9.17. The Kier molecular flexibility index (Phi) is 11.8. The van der Waals surface area contributed by atoms with Gasteiger partial charge >= 0.3 is 0 Å². The molecule has 1 fully saturated rings. The Morgan fingerprint density at radius 2 is 1.75 bits per heavy atom. The van der Waals surface area contributed by atoms with Gasteiger partial charge < -0.3 is 19.7 Å². The largest absolute Gasteiger partial charge is 0.492 e. The van der Waals surface area contributed by atoms with Crippen LogP contribution in [0.2, 0.25) is 0 Å². The molecule has 32 heavy (non-hydrogen) atoms.